The molecule has 21 heavy (non-hydrogen) atoms. The molecule has 0 aromatic rings. The second kappa shape index (κ2) is 14.2. The molecule has 0 aliphatic rings. The lowest BCUT2D eigenvalue weighted by molar-refractivity contribution is 0.0507. The van der Waals surface area contributed by atoms with Crippen LogP contribution in [0.15, 0.2) is 0 Å². The van der Waals surface area contributed by atoms with Crippen LogP contribution < -0.4 is 5.32 Å². The lowest BCUT2D eigenvalue weighted by atomic mass is 9.91. The highest BCUT2D eigenvalue weighted by Crippen LogP contribution is 2.22. The Kier molecular flexibility index (Phi) is 13.7. The van der Waals surface area contributed by atoms with Crippen molar-refractivity contribution in [3.63, 3.8) is 0 Å². The summed E-state index contributed by atoms with van der Waals surface area (Å²) in [6.45, 7) is 9.50. The van der Waals surface area contributed by atoms with Crippen molar-refractivity contribution in [3.8, 4) is 0 Å². The maximum atomic E-state index is 11.9. The summed E-state index contributed by atoms with van der Waals surface area (Å²) in [6.07, 6.45) is 11.3. The molecule has 0 fully saturated rings. The minimum absolute atomic E-state index is 0.0834. The normalized spacial score (nSPS) is 13.7. The molecule has 0 heterocycles. The molecule has 0 bridgehead atoms. The summed E-state index contributed by atoms with van der Waals surface area (Å²) in [5, 5.41) is 2.91. The molecule has 3 heteroatoms. The SMILES string of the molecule is CCCCCCCNC(=O)O[C@@H](CCC)[C@H](CC)CCC. The summed E-state index contributed by atoms with van der Waals surface area (Å²) in [5.41, 5.74) is 0. The largest absolute Gasteiger partial charge is 0.446 e. The molecule has 1 amide bonds. The predicted octanol–water partition coefficient (Wildman–Crippen LogP) is 5.68. The number of rotatable bonds is 13. The maximum absolute atomic E-state index is 11.9. The van der Waals surface area contributed by atoms with Gasteiger partial charge in [0.25, 0.3) is 0 Å². The quantitative estimate of drug-likeness (QED) is 0.444. The zero-order chi connectivity index (χ0) is 15.9. The highest BCUT2D eigenvalue weighted by Gasteiger charge is 2.22. The summed E-state index contributed by atoms with van der Waals surface area (Å²) in [7, 11) is 0. The summed E-state index contributed by atoms with van der Waals surface area (Å²) in [6, 6.07) is 0. The molecule has 0 radical (unpaired) electrons. The van der Waals surface area contributed by atoms with Crippen LogP contribution >= 0.6 is 0 Å². The number of carbonyl (C=O) groups excluding carboxylic acids is 1. The first kappa shape index (κ1) is 20.3. The van der Waals surface area contributed by atoms with Crippen LogP contribution in [0.4, 0.5) is 4.79 Å². The van der Waals surface area contributed by atoms with Crippen molar-refractivity contribution in [1.82, 2.24) is 5.32 Å². The highest BCUT2D eigenvalue weighted by atomic mass is 16.6. The molecule has 0 aromatic carbocycles. The van der Waals surface area contributed by atoms with Gasteiger partial charge in [0, 0.05) is 6.54 Å². The molecule has 0 aliphatic carbocycles. The molecule has 0 unspecified atom stereocenters. The Morgan fingerprint density at radius 2 is 1.57 bits per heavy atom. The zero-order valence-corrected chi connectivity index (χ0v) is 14.7. The summed E-state index contributed by atoms with van der Waals surface area (Å²) < 4.78 is 5.67. The average Bonchev–Trinajstić information content (AvgIpc) is 2.48. The summed E-state index contributed by atoms with van der Waals surface area (Å²) in [5.74, 6) is 0.505. The van der Waals surface area contributed by atoms with Crippen LogP contribution in [-0.4, -0.2) is 18.7 Å². The molecule has 0 rings (SSSR count). The van der Waals surface area contributed by atoms with E-state index < -0.39 is 0 Å². The van der Waals surface area contributed by atoms with E-state index >= 15 is 0 Å². The van der Waals surface area contributed by atoms with Gasteiger partial charge in [0.1, 0.15) is 6.10 Å². The van der Waals surface area contributed by atoms with Gasteiger partial charge in [-0.05, 0) is 31.6 Å². The van der Waals surface area contributed by atoms with E-state index in [4.69, 9.17) is 4.74 Å². The van der Waals surface area contributed by atoms with Crippen LogP contribution in [0.2, 0.25) is 0 Å². The fourth-order valence-corrected chi connectivity index (χ4v) is 2.80. The molecule has 0 spiro atoms. The first-order chi connectivity index (χ1) is 10.2. The second-order valence-electron chi connectivity index (χ2n) is 6.03. The van der Waals surface area contributed by atoms with Crippen LogP contribution in [0, 0.1) is 5.92 Å². The molecule has 0 aromatic heterocycles. The smallest absolute Gasteiger partial charge is 0.407 e. The van der Waals surface area contributed by atoms with Gasteiger partial charge in [-0.25, -0.2) is 4.79 Å². The van der Waals surface area contributed by atoms with Crippen LogP contribution in [-0.2, 0) is 4.74 Å². The fraction of sp³-hybridized carbons (Fsp3) is 0.944. The van der Waals surface area contributed by atoms with Crippen LogP contribution in [0.5, 0.6) is 0 Å². The van der Waals surface area contributed by atoms with Gasteiger partial charge in [-0.1, -0.05) is 66.2 Å². The van der Waals surface area contributed by atoms with Crippen LogP contribution in [0.1, 0.15) is 91.9 Å². The fourth-order valence-electron chi connectivity index (χ4n) is 2.80. The number of ether oxygens (including phenoxy) is 1. The van der Waals surface area contributed by atoms with Crippen molar-refractivity contribution >= 4 is 6.09 Å². The first-order valence-corrected chi connectivity index (χ1v) is 9.13. The Bertz CT molecular complexity index is 243. The van der Waals surface area contributed by atoms with Gasteiger partial charge in [0.05, 0.1) is 0 Å². The zero-order valence-electron chi connectivity index (χ0n) is 14.7. The number of hydrogen-bond donors (Lipinski definition) is 1. The molecule has 0 aliphatic heterocycles. The second-order valence-corrected chi connectivity index (χ2v) is 6.03. The van der Waals surface area contributed by atoms with Gasteiger partial charge in [0.2, 0.25) is 0 Å². The lowest BCUT2D eigenvalue weighted by Crippen LogP contribution is -2.33. The van der Waals surface area contributed by atoms with Gasteiger partial charge >= 0.3 is 6.09 Å². The predicted molar refractivity (Wildman–Crippen MR) is 90.6 cm³/mol. The van der Waals surface area contributed by atoms with Crippen molar-refractivity contribution < 1.29 is 9.53 Å². The van der Waals surface area contributed by atoms with Gasteiger partial charge in [-0.15, -0.1) is 0 Å². The Hall–Kier alpha value is -0.730. The molecule has 1 N–H and O–H groups in total. The van der Waals surface area contributed by atoms with Gasteiger partial charge in [0.15, 0.2) is 0 Å². The van der Waals surface area contributed by atoms with E-state index in [-0.39, 0.29) is 12.2 Å². The van der Waals surface area contributed by atoms with E-state index in [1.807, 2.05) is 0 Å². The summed E-state index contributed by atoms with van der Waals surface area (Å²) >= 11 is 0. The van der Waals surface area contributed by atoms with Crippen molar-refractivity contribution in [2.45, 2.75) is 98.0 Å². The Morgan fingerprint density at radius 1 is 0.905 bits per heavy atom. The van der Waals surface area contributed by atoms with E-state index in [0.717, 1.165) is 45.1 Å². The molecule has 126 valence electrons. The number of unbranched alkanes of at least 4 members (excludes halogenated alkanes) is 4. The topological polar surface area (TPSA) is 38.3 Å². The minimum atomic E-state index is -0.224. The number of carbonyl (C=O) groups is 1. The maximum Gasteiger partial charge on any atom is 0.407 e. The Balaban J connectivity index is 3.99. The van der Waals surface area contributed by atoms with Crippen LogP contribution in [0.3, 0.4) is 0 Å². The lowest BCUT2D eigenvalue weighted by Gasteiger charge is -2.25. The first-order valence-electron chi connectivity index (χ1n) is 9.13. The van der Waals surface area contributed by atoms with Gasteiger partial charge < -0.3 is 10.1 Å². The Labute approximate surface area is 132 Å². The number of amides is 1. The molecule has 3 nitrogen and oxygen atoms in total. The van der Waals surface area contributed by atoms with E-state index in [9.17, 15) is 4.79 Å². The molecular formula is C18H37NO2. The molecule has 0 saturated carbocycles. The summed E-state index contributed by atoms with van der Waals surface area (Å²) in [4.78, 5) is 11.9. The van der Waals surface area contributed by atoms with Crippen molar-refractivity contribution in [3.05, 3.63) is 0 Å². The molecule has 0 saturated heterocycles. The third-order valence-electron chi connectivity index (χ3n) is 4.09. The van der Waals surface area contributed by atoms with Gasteiger partial charge in [-0.2, -0.15) is 0 Å². The van der Waals surface area contributed by atoms with E-state index in [1.165, 1.54) is 25.7 Å². The molecular weight excluding hydrogens is 262 g/mol. The Morgan fingerprint density at radius 3 is 2.14 bits per heavy atom. The van der Waals surface area contributed by atoms with E-state index in [2.05, 4.69) is 33.0 Å². The van der Waals surface area contributed by atoms with Crippen molar-refractivity contribution in [2.24, 2.45) is 5.92 Å². The van der Waals surface area contributed by atoms with Crippen molar-refractivity contribution in [2.75, 3.05) is 6.54 Å². The monoisotopic (exact) mass is 299 g/mol. The minimum Gasteiger partial charge on any atom is -0.446 e. The number of alkyl carbamates (subject to hydrolysis) is 1. The number of hydrogen-bond acceptors (Lipinski definition) is 2. The number of nitrogens with one attached hydrogen (secondary N) is 1. The third kappa shape index (κ3) is 10.6. The average molecular weight is 299 g/mol. The van der Waals surface area contributed by atoms with Gasteiger partial charge in [-0.3, -0.25) is 0 Å². The van der Waals surface area contributed by atoms with Crippen LogP contribution in [0.25, 0.3) is 0 Å². The van der Waals surface area contributed by atoms with Crippen molar-refractivity contribution in [1.29, 1.82) is 0 Å². The standard InChI is InChI=1S/C18H37NO2/c1-5-9-10-11-12-15-19-18(20)21-17(14-7-3)16(8-4)13-6-2/h16-17H,5-15H2,1-4H3,(H,19,20)/t16-,17+/m1/s1. The highest BCUT2D eigenvalue weighted by molar-refractivity contribution is 5.67. The van der Waals surface area contributed by atoms with E-state index in [0.29, 0.717) is 5.92 Å². The molecule has 2 atom stereocenters. The van der Waals surface area contributed by atoms with E-state index in [1.54, 1.807) is 0 Å². The third-order valence-corrected chi connectivity index (χ3v) is 4.09.